The first-order chi connectivity index (χ1) is 10.5. The van der Waals surface area contributed by atoms with Crippen LogP contribution in [0.25, 0.3) is 11.4 Å². The molecule has 22 heavy (non-hydrogen) atoms. The molecule has 0 N–H and O–H groups in total. The zero-order valence-electron chi connectivity index (χ0n) is 14.0. The van der Waals surface area contributed by atoms with Gasteiger partial charge in [-0.25, -0.2) is 9.97 Å². The molecule has 1 aliphatic heterocycles. The quantitative estimate of drug-likeness (QED) is 0.874. The van der Waals surface area contributed by atoms with Crippen LogP contribution >= 0.6 is 0 Å². The molecule has 0 unspecified atom stereocenters. The minimum absolute atomic E-state index is 0.324. The third-order valence-corrected chi connectivity index (χ3v) is 4.28. The van der Waals surface area contributed by atoms with E-state index in [0.717, 1.165) is 29.5 Å². The van der Waals surface area contributed by atoms with Crippen LogP contribution in [0.3, 0.4) is 0 Å². The van der Waals surface area contributed by atoms with E-state index in [1.54, 1.807) is 0 Å². The van der Waals surface area contributed by atoms with E-state index in [1.807, 2.05) is 16.9 Å². The van der Waals surface area contributed by atoms with Gasteiger partial charge in [0.15, 0.2) is 0 Å². The summed E-state index contributed by atoms with van der Waals surface area (Å²) in [4.78, 5) is 12.0. The molecule has 0 aromatic carbocycles. The van der Waals surface area contributed by atoms with Crippen molar-refractivity contribution < 1.29 is 0 Å². The Bertz CT molecular complexity index is 646. The van der Waals surface area contributed by atoms with Crippen molar-refractivity contribution >= 4 is 0 Å². The molecule has 0 spiro atoms. The van der Waals surface area contributed by atoms with E-state index in [1.165, 1.54) is 19.4 Å². The van der Waals surface area contributed by atoms with Crippen molar-refractivity contribution in [1.82, 2.24) is 24.6 Å². The first-order valence-corrected chi connectivity index (χ1v) is 8.12. The number of piperidine rings is 1. The summed E-state index contributed by atoms with van der Waals surface area (Å²) in [5.74, 6) is 1.42. The Kier molecular flexibility index (Phi) is 4.25. The normalized spacial score (nSPS) is 19.8. The van der Waals surface area contributed by atoms with Crippen LogP contribution in [0, 0.1) is 6.92 Å². The van der Waals surface area contributed by atoms with Crippen molar-refractivity contribution in [2.45, 2.75) is 45.6 Å². The first-order valence-electron chi connectivity index (χ1n) is 8.12. The number of likely N-dealkylation sites (N-methyl/N-ethyl adjacent to an activating group) is 1. The molecule has 0 bridgehead atoms. The van der Waals surface area contributed by atoms with Crippen LogP contribution < -0.4 is 0 Å². The fraction of sp³-hybridized carbons (Fsp3) is 0.588. The number of likely N-dealkylation sites (tertiary alicyclic amines) is 1. The lowest BCUT2D eigenvalue weighted by Crippen LogP contribution is -2.31. The van der Waals surface area contributed by atoms with Crippen LogP contribution in [0.4, 0.5) is 0 Å². The van der Waals surface area contributed by atoms with Crippen molar-refractivity contribution in [2.75, 3.05) is 20.1 Å². The van der Waals surface area contributed by atoms with Gasteiger partial charge in [0.25, 0.3) is 0 Å². The van der Waals surface area contributed by atoms with Gasteiger partial charge in [0, 0.05) is 30.4 Å². The van der Waals surface area contributed by atoms with Gasteiger partial charge in [0.05, 0.1) is 11.4 Å². The highest BCUT2D eigenvalue weighted by Crippen LogP contribution is 2.27. The van der Waals surface area contributed by atoms with Crippen LogP contribution in [0.2, 0.25) is 0 Å². The summed E-state index contributed by atoms with van der Waals surface area (Å²) in [7, 11) is 2.18. The van der Waals surface area contributed by atoms with E-state index in [2.05, 4.69) is 43.9 Å². The minimum Gasteiger partial charge on any atom is -0.306 e. The maximum Gasteiger partial charge on any atom is 0.133 e. The predicted molar refractivity (Wildman–Crippen MR) is 87.8 cm³/mol. The molecule has 2 aromatic heterocycles. The fourth-order valence-electron chi connectivity index (χ4n) is 3.21. The van der Waals surface area contributed by atoms with E-state index in [4.69, 9.17) is 9.97 Å². The predicted octanol–water partition coefficient (Wildman–Crippen LogP) is 3.04. The summed E-state index contributed by atoms with van der Waals surface area (Å²) >= 11 is 0. The summed E-state index contributed by atoms with van der Waals surface area (Å²) in [6, 6.07) is 4.43. The van der Waals surface area contributed by atoms with Gasteiger partial charge in [-0.2, -0.15) is 5.10 Å². The number of hydrogen-bond acceptors (Lipinski definition) is 4. The molecule has 118 valence electrons. The van der Waals surface area contributed by atoms with Gasteiger partial charge in [-0.1, -0.05) is 0 Å². The maximum atomic E-state index is 4.88. The van der Waals surface area contributed by atoms with E-state index >= 15 is 0 Å². The second-order valence-electron chi connectivity index (χ2n) is 6.61. The summed E-state index contributed by atoms with van der Waals surface area (Å²) in [5, 5.41) is 4.42. The molecule has 3 heterocycles. The Morgan fingerprint density at radius 2 is 2.09 bits per heavy atom. The Balaban J connectivity index is 1.97. The highest BCUT2D eigenvalue weighted by molar-refractivity contribution is 5.54. The molecule has 5 nitrogen and oxygen atoms in total. The molecule has 0 aliphatic carbocycles. The lowest BCUT2D eigenvalue weighted by Gasteiger charge is -2.29. The number of nitrogens with zero attached hydrogens (tertiary/aromatic N) is 5. The third-order valence-electron chi connectivity index (χ3n) is 4.28. The SMILES string of the molecule is Cc1cc(-c2ccnn2C(C)C)nc([C@@H]2CCCN(C)C2)n1. The van der Waals surface area contributed by atoms with E-state index in [0.29, 0.717) is 12.0 Å². The molecule has 0 saturated carbocycles. The summed E-state index contributed by atoms with van der Waals surface area (Å²) < 4.78 is 2.03. The lowest BCUT2D eigenvalue weighted by atomic mass is 9.97. The Labute approximate surface area is 132 Å². The number of aromatic nitrogens is 4. The second-order valence-corrected chi connectivity index (χ2v) is 6.61. The van der Waals surface area contributed by atoms with Gasteiger partial charge < -0.3 is 4.90 Å². The molecule has 3 rings (SSSR count). The van der Waals surface area contributed by atoms with Gasteiger partial charge in [-0.05, 0) is 59.3 Å². The standard InChI is InChI=1S/C17H25N5/c1-12(2)22-16(7-8-18-22)15-10-13(3)19-17(20-15)14-6-5-9-21(4)11-14/h7-8,10,12,14H,5-6,9,11H2,1-4H3/t14-/m1/s1. The molecule has 1 aliphatic rings. The number of aryl methyl sites for hydroxylation is 1. The van der Waals surface area contributed by atoms with Gasteiger partial charge >= 0.3 is 0 Å². The van der Waals surface area contributed by atoms with E-state index in [9.17, 15) is 0 Å². The highest BCUT2D eigenvalue weighted by atomic mass is 15.3. The van der Waals surface area contributed by atoms with E-state index in [-0.39, 0.29) is 0 Å². The minimum atomic E-state index is 0.324. The smallest absolute Gasteiger partial charge is 0.133 e. The Morgan fingerprint density at radius 1 is 1.27 bits per heavy atom. The molecule has 1 saturated heterocycles. The topological polar surface area (TPSA) is 46.8 Å². The molecule has 0 amide bonds. The zero-order chi connectivity index (χ0) is 15.7. The Hall–Kier alpha value is -1.75. The molecule has 1 fully saturated rings. The average molecular weight is 299 g/mol. The van der Waals surface area contributed by atoms with Crippen LogP contribution in [0.5, 0.6) is 0 Å². The van der Waals surface area contributed by atoms with Crippen LogP contribution in [-0.2, 0) is 0 Å². The largest absolute Gasteiger partial charge is 0.306 e. The monoisotopic (exact) mass is 299 g/mol. The van der Waals surface area contributed by atoms with Crippen LogP contribution in [-0.4, -0.2) is 44.8 Å². The highest BCUT2D eigenvalue weighted by Gasteiger charge is 2.22. The molecular formula is C17H25N5. The second kappa shape index (κ2) is 6.16. The summed E-state index contributed by atoms with van der Waals surface area (Å²) in [5.41, 5.74) is 3.09. The first kappa shape index (κ1) is 15.2. The summed E-state index contributed by atoms with van der Waals surface area (Å²) in [6.07, 6.45) is 4.25. The lowest BCUT2D eigenvalue weighted by molar-refractivity contribution is 0.246. The maximum absolute atomic E-state index is 4.88. The van der Waals surface area contributed by atoms with Gasteiger partial charge in [0.2, 0.25) is 0 Å². The fourth-order valence-corrected chi connectivity index (χ4v) is 3.21. The molecule has 1 atom stereocenters. The summed E-state index contributed by atoms with van der Waals surface area (Å²) in [6.45, 7) is 8.56. The van der Waals surface area contributed by atoms with Crippen molar-refractivity contribution in [3.8, 4) is 11.4 Å². The molecule has 2 aromatic rings. The van der Waals surface area contributed by atoms with Gasteiger partial charge in [-0.3, -0.25) is 4.68 Å². The number of rotatable bonds is 3. The van der Waals surface area contributed by atoms with Crippen molar-refractivity contribution in [3.05, 3.63) is 29.8 Å². The van der Waals surface area contributed by atoms with Crippen LogP contribution in [0.15, 0.2) is 18.3 Å². The number of hydrogen-bond donors (Lipinski definition) is 0. The zero-order valence-corrected chi connectivity index (χ0v) is 14.0. The average Bonchev–Trinajstić information content (AvgIpc) is 2.96. The van der Waals surface area contributed by atoms with Crippen molar-refractivity contribution in [3.63, 3.8) is 0 Å². The van der Waals surface area contributed by atoms with Crippen LogP contribution in [0.1, 0.15) is 50.2 Å². The van der Waals surface area contributed by atoms with Crippen molar-refractivity contribution in [1.29, 1.82) is 0 Å². The molecule has 0 radical (unpaired) electrons. The third kappa shape index (κ3) is 3.04. The molecule has 5 heteroatoms. The molecular weight excluding hydrogens is 274 g/mol. The van der Waals surface area contributed by atoms with Crippen molar-refractivity contribution in [2.24, 2.45) is 0 Å². The Morgan fingerprint density at radius 3 is 2.82 bits per heavy atom. The van der Waals surface area contributed by atoms with Gasteiger partial charge in [-0.15, -0.1) is 0 Å². The van der Waals surface area contributed by atoms with E-state index < -0.39 is 0 Å². The van der Waals surface area contributed by atoms with Gasteiger partial charge in [0.1, 0.15) is 5.82 Å².